The molecule has 2 heterocycles. The monoisotopic (exact) mass is 417 g/mol. The second-order valence-electron chi connectivity index (χ2n) is 6.93. The Balaban J connectivity index is 1.56. The van der Waals surface area contributed by atoms with Crippen LogP contribution < -0.4 is 0 Å². The summed E-state index contributed by atoms with van der Waals surface area (Å²) >= 11 is 5.88. The molecule has 28 heavy (non-hydrogen) atoms. The van der Waals surface area contributed by atoms with Crippen LogP contribution in [0.2, 0.25) is 5.02 Å². The third kappa shape index (κ3) is 3.70. The number of rotatable bonds is 4. The van der Waals surface area contributed by atoms with E-state index in [9.17, 15) is 8.42 Å². The highest BCUT2D eigenvalue weighted by atomic mass is 35.5. The number of nitrogens with zero attached hydrogens (tertiary/aromatic N) is 3. The molecular weight excluding hydrogens is 398 g/mol. The molecule has 2 aromatic carbocycles. The molecule has 1 aliphatic rings. The molecule has 8 heteroatoms. The van der Waals surface area contributed by atoms with E-state index >= 15 is 0 Å². The van der Waals surface area contributed by atoms with E-state index in [2.05, 4.69) is 10.1 Å². The SMILES string of the molecule is Cc1ccccc1-c1noc([C@H]2CCCN(S(=O)(=O)c3ccc(Cl)cc3)C2)n1. The van der Waals surface area contributed by atoms with Gasteiger partial charge in [0.05, 0.1) is 10.8 Å². The van der Waals surface area contributed by atoms with Crippen LogP contribution in [0.5, 0.6) is 0 Å². The molecule has 0 unspecified atom stereocenters. The van der Waals surface area contributed by atoms with Crippen molar-refractivity contribution >= 4 is 21.6 Å². The van der Waals surface area contributed by atoms with Crippen molar-refractivity contribution in [2.45, 2.75) is 30.6 Å². The Morgan fingerprint density at radius 2 is 1.89 bits per heavy atom. The smallest absolute Gasteiger partial charge is 0.243 e. The lowest BCUT2D eigenvalue weighted by Gasteiger charge is -2.30. The van der Waals surface area contributed by atoms with E-state index in [0.717, 1.165) is 24.0 Å². The maximum absolute atomic E-state index is 13.0. The highest BCUT2D eigenvalue weighted by Crippen LogP contribution is 2.31. The van der Waals surface area contributed by atoms with Gasteiger partial charge in [-0.25, -0.2) is 8.42 Å². The Bertz CT molecular complexity index is 1080. The van der Waals surface area contributed by atoms with Crippen LogP contribution in [0.4, 0.5) is 0 Å². The van der Waals surface area contributed by atoms with Crippen molar-refractivity contribution in [3.8, 4) is 11.4 Å². The average Bonchev–Trinajstić information content (AvgIpc) is 3.19. The van der Waals surface area contributed by atoms with Gasteiger partial charge in [0.2, 0.25) is 21.7 Å². The minimum absolute atomic E-state index is 0.124. The average molecular weight is 418 g/mol. The van der Waals surface area contributed by atoms with Crippen LogP contribution in [0.15, 0.2) is 57.9 Å². The lowest BCUT2D eigenvalue weighted by Crippen LogP contribution is -2.39. The largest absolute Gasteiger partial charge is 0.339 e. The molecule has 0 amide bonds. The van der Waals surface area contributed by atoms with Crippen molar-refractivity contribution in [1.29, 1.82) is 0 Å². The number of aryl methyl sites for hydroxylation is 1. The molecular formula is C20H20ClN3O3S. The number of sulfonamides is 1. The van der Waals surface area contributed by atoms with Gasteiger partial charge < -0.3 is 4.52 Å². The Labute approximate surface area is 169 Å². The van der Waals surface area contributed by atoms with Crippen molar-refractivity contribution in [1.82, 2.24) is 14.4 Å². The lowest BCUT2D eigenvalue weighted by molar-refractivity contribution is 0.265. The zero-order valence-electron chi connectivity index (χ0n) is 15.4. The van der Waals surface area contributed by atoms with Gasteiger partial charge in [0.25, 0.3) is 0 Å². The van der Waals surface area contributed by atoms with Crippen LogP contribution in [0, 0.1) is 6.92 Å². The van der Waals surface area contributed by atoms with Crippen molar-refractivity contribution < 1.29 is 12.9 Å². The normalized spacial score (nSPS) is 18.3. The van der Waals surface area contributed by atoms with E-state index in [1.807, 2.05) is 31.2 Å². The molecule has 1 aliphatic heterocycles. The Hall–Kier alpha value is -2.22. The van der Waals surface area contributed by atoms with Gasteiger partial charge in [-0.3, -0.25) is 0 Å². The molecule has 0 saturated carbocycles. The fourth-order valence-corrected chi connectivity index (χ4v) is 5.10. The number of piperidine rings is 1. The number of hydrogen-bond donors (Lipinski definition) is 0. The molecule has 0 radical (unpaired) electrons. The Morgan fingerprint density at radius 1 is 1.14 bits per heavy atom. The molecule has 0 bridgehead atoms. The molecule has 0 aliphatic carbocycles. The van der Waals surface area contributed by atoms with E-state index in [4.69, 9.17) is 16.1 Å². The minimum Gasteiger partial charge on any atom is -0.339 e. The summed E-state index contributed by atoms with van der Waals surface area (Å²) in [5, 5.41) is 4.61. The summed E-state index contributed by atoms with van der Waals surface area (Å²) in [6.45, 7) is 2.78. The van der Waals surface area contributed by atoms with Gasteiger partial charge in [0.15, 0.2) is 0 Å². The standard InChI is InChI=1S/C20H20ClN3O3S/c1-14-5-2-3-7-18(14)19-22-20(27-23-19)15-6-4-12-24(13-15)28(25,26)17-10-8-16(21)9-11-17/h2-3,5,7-11,15H,4,6,12-13H2,1H3/t15-/m0/s1. The van der Waals surface area contributed by atoms with E-state index in [0.29, 0.717) is 29.8 Å². The predicted octanol–water partition coefficient (Wildman–Crippen LogP) is 4.27. The first kappa shape index (κ1) is 19.1. The highest BCUT2D eigenvalue weighted by Gasteiger charge is 2.33. The highest BCUT2D eigenvalue weighted by molar-refractivity contribution is 7.89. The minimum atomic E-state index is -3.59. The van der Waals surface area contributed by atoms with Crippen molar-refractivity contribution in [3.63, 3.8) is 0 Å². The Morgan fingerprint density at radius 3 is 2.64 bits per heavy atom. The van der Waals surface area contributed by atoms with E-state index in [1.165, 1.54) is 16.4 Å². The molecule has 4 rings (SSSR count). The summed E-state index contributed by atoms with van der Waals surface area (Å²) in [6.07, 6.45) is 1.54. The molecule has 1 fully saturated rings. The van der Waals surface area contributed by atoms with Gasteiger partial charge in [-0.05, 0) is 49.6 Å². The lowest BCUT2D eigenvalue weighted by atomic mass is 10.00. The van der Waals surface area contributed by atoms with E-state index in [1.54, 1.807) is 12.1 Å². The third-order valence-corrected chi connectivity index (χ3v) is 7.14. The predicted molar refractivity (Wildman–Crippen MR) is 107 cm³/mol. The van der Waals surface area contributed by atoms with Crippen molar-refractivity contribution in [2.75, 3.05) is 13.1 Å². The number of hydrogen-bond acceptors (Lipinski definition) is 5. The van der Waals surface area contributed by atoms with Crippen LogP contribution in [0.1, 0.15) is 30.2 Å². The van der Waals surface area contributed by atoms with Gasteiger partial charge in [0.1, 0.15) is 0 Å². The first-order valence-corrected chi connectivity index (χ1v) is 10.9. The second kappa shape index (κ2) is 7.66. The van der Waals surface area contributed by atoms with E-state index in [-0.39, 0.29) is 10.8 Å². The topological polar surface area (TPSA) is 76.3 Å². The molecule has 6 nitrogen and oxygen atoms in total. The van der Waals surface area contributed by atoms with Gasteiger partial charge in [-0.15, -0.1) is 0 Å². The summed E-state index contributed by atoms with van der Waals surface area (Å²) in [4.78, 5) is 4.79. The zero-order chi connectivity index (χ0) is 19.7. The van der Waals surface area contributed by atoms with Crippen LogP contribution in [0.25, 0.3) is 11.4 Å². The summed E-state index contributed by atoms with van der Waals surface area (Å²) in [5.41, 5.74) is 1.98. The fourth-order valence-electron chi connectivity index (χ4n) is 3.45. The maximum Gasteiger partial charge on any atom is 0.243 e. The van der Waals surface area contributed by atoms with Gasteiger partial charge in [-0.2, -0.15) is 9.29 Å². The maximum atomic E-state index is 13.0. The summed E-state index contributed by atoms with van der Waals surface area (Å²) < 4.78 is 32.9. The molecule has 0 N–H and O–H groups in total. The number of benzene rings is 2. The molecule has 1 atom stereocenters. The molecule has 146 valence electrons. The molecule has 1 saturated heterocycles. The van der Waals surface area contributed by atoms with Crippen LogP contribution in [-0.2, 0) is 10.0 Å². The first-order chi connectivity index (χ1) is 13.4. The molecule has 1 aromatic heterocycles. The second-order valence-corrected chi connectivity index (χ2v) is 9.30. The molecule has 0 spiro atoms. The quantitative estimate of drug-likeness (QED) is 0.633. The Kier molecular flexibility index (Phi) is 5.23. The van der Waals surface area contributed by atoms with Gasteiger partial charge in [0, 0.05) is 23.7 Å². The van der Waals surface area contributed by atoms with Crippen LogP contribution in [0.3, 0.4) is 0 Å². The van der Waals surface area contributed by atoms with E-state index < -0.39 is 10.0 Å². The fraction of sp³-hybridized carbons (Fsp3) is 0.300. The van der Waals surface area contributed by atoms with Gasteiger partial charge >= 0.3 is 0 Å². The number of aromatic nitrogens is 2. The summed E-state index contributed by atoms with van der Waals surface area (Å²) in [6, 6.07) is 14.1. The summed E-state index contributed by atoms with van der Waals surface area (Å²) in [5.74, 6) is 0.890. The van der Waals surface area contributed by atoms with Crippen molar-refractivity contribution in [3.05, 3.63) is 65.0 Å². The summed E-state index contributed by atoms with van der Waals surface area (Å²) in [7, 11) is -3.59. The molecule has 3 aromatic rings. The van der Waals surface area contributed by atoms with Crippen molar-refractivity contribution in [2.24, 2.45) is 0 Å². The zero-order valence-corrected chi connectivity index (χ0v) is 16.9. The van der Waals surface area contributed by atoms with Crippen LogP contribution >= 0.6 is 11.6 Å². The first-order valence-electron chi connectivity index (χ1n) is 9.10. The third-order valence-electron chi connectivity index (χ3n) is 5.01. The van der Waals surface area contributed by atoms with Gasteiger partial charge in [-0.1, -0.05) is 41.0 Å². The van der Waals surface area contributed by atoms with Crippen LogP contribution in [-0.4, -0.2) is 36.0 Å². The number of halogens is 1.